The van der Waals surface area contributed by atoms with E-state index in [-0.39, 0.29) is 0 Å². The van der Waals surface area contributed by atoms with E-state index in [4.69, 9.17) is 0 Å². The zero-order chi connectivity index (χ0) is 12.5. The Morgan fingerprint density at radius 3 is 2.71 bits per heavy atom. The molecule has 0 saturated heterocycles. The van der Waals surface area contributed by atoms with Crippen molar-refractivity contribution < 1.29 is 13.2 Å². The van der Waals surface area contributed by atoms with Gasteiger partial charge in [-0.15, -0.1) is 10.2 Å². The van der Waals surface area contributed by atoms with Crippen LogP contribution in [0.4, 0.5) is 13.2 Å². The second kappa shape index (κ2) is 4.33. The summed E-state index contributed by atoms with van der Waals surface area (Å²) < 4.78 is 39.0. The van der Waals surface area contributed by atoms with Gasteiger partial charge in [0, 0.05) is 19.2 Å². The highest BCUT2D eigenvalue weighted by Crippen LogP contribution is 2.29. The first-order valence-electron chi connectivity index (χ1n) is 5.08. The van der Waals surface area contributed by atoms with E-state index in [9.17, 15) is 13.2 Å². The van der Waals surface area contributed by atoms with E-state index >= 15 is 0 Å². The van der Waals surface area contributed by atoms with E-state index in [2.05, 4.69) is 15.5 Å². The third-order valence-electron chi connectivity index (χ3n) is 2.40. The van der Waals surface area contributed by atoms with Crippen LogP contribution in [0.15, 0.2) is 18.3 Å². The van der Waals surface area contributed by atoms with Crippen LogP contribution in [0, 0.1) is 0 Å². The molecule has 0 amide bonds. The fourth-order valence-corrected chi connectivity index (χ4v) is 1.51. The highest BCUT2D eigenvalue weighted by Gasteiger charge is 2.31. The summed E-state index contributed by atoms with van der Waals surface area (Å²) >= 11 is 0. The molecule has 2 rings (SSSR count). The summed E-state index contributed by atoms with van der Waals surface area (Å²) in [7, 11) is 1.77. The molecule has 0 radical (unpaired) electrons. The van der Waals surface area contributed by atoms with Crippen molar-refractivity contribution in [3.8, 4) is 0 Å². The minimum Gasteiger partial charge on any atom is -0.319 e. The first-order chi connectivity index (χ1) is 8.02. The van der Waals surface area contributed by atoms with Gasteiger partial charge in [-0.2, -0.15) is 13.2 Å². The predicted octanol–water partition coefficient (Wildman–Crippen LogP) is 1.51. The summed E-state index contributed by atoms with van der Waals surface area (Å²) in [6, 6.07) is 2.32. The summed E-state index contributed by atoms with van der Waals surface area (Å²) in [6.45, 7) is 0.636. The molecule has 0 atom stereocenters. The van der Waals surface area contributed by atoms with Gasteiger partial charge in [0.05, 0.1) is 5.56 Å². The third kappa shape index (κ3) is 2.38. The van der Waals surface area contributed by atoms with Gasteiger partial charge in [-0.1, -0.05) is 0 Å². The van der Waals surface area contributed by atoms with Crippen LogP contribution < -0.4 is 5.32 Å². The van der Waals surface area contributed by atoms with E-state index < -0.39 is 11.7 Å². The highest BCUT2D eigenvalue weighted by molar-refractivity contribution is 5.40. The van der Waals surface area contributed by atoms with Gasteiger partial charge >= 0.3 is 6.18 Å². The molecule has 0 aliphatic carbocycles. The average Bonchev–Trinajstić information content (AvgIpc) is 2.67. The number of rotatable bonds is 3. The van der Waals surface area contributed by atoms with Crippen LogP contribution in [0.2, 0.25) is 0 Å². The van der Waals surface area contributed by atoms with Crippen molar-refractivity contribution in [3.05, 3.63) is 29.7 Å². The minimum atomic E-state index is -4.35. The number of hydrogen-bond donors (Lipinski definition) is 1. The fourth-order valence-electron chi connectivity index (χ4n) is 1.51. The number of likely N-dealkylation sites (N-methyl/N-ethyl adjacent to an activating group) is 1. The zero-order valence-electron chi connectivity index (χ0n) is 9.12. The van der Waals surface area contributed by atoms with Crippen LogP contribution in [-0.4, -0.2) is 28.2 Å². The number of alkyl halides is 3. The van der Waals surface area contributed by atoms with Crippen molar-refractivity contribution in [1.29, 1.82) is 0 Å². The standard InChI is InChI=1S/C10H11F3N4/c1-14-5-4-9-16-15-8-3-2-7(6-17(8)9)10(11,12)13/h2-3,6,14H,4-5H2,1H3. The molecule has 0 aromatic carbocycles. The number of nitrogens with one attached hydrogen (secondary N) is 1. The first kappa shape index (κ1) is 11.8. The maximum Gasteiger partial charge on any atom is 0.417 e. The Balaban J connectivity index is 2.43. The van der Waals surface area contributed by atoms with Crippen molar-refractivity contribution in [2.24, 2.45) is 0 Å². The molecular weight excluding hydrogens is 233 g/mol. The molecule has 7 heteroatoms. The zero-order valence-corrected chi connectivity index (χ0v) is 9.12. The molecule has 4 nitrogen and oxygen atoms in total. The molecule has 2 aromatic heterocycles. The van der Waals surface area contributed by atoms with E-state index in [0.29, 0.717) is 24.4 Å². The summed E-state index contributed by atoms with van der Waals surface area (Å²) in [4.78, 5) is 0. The first-order valence-corrected chi connectivity index (χ1v) is 5.08. The van der Waals surface area contributed by atoms with Gasteiger partial charge in [-0.25, -0.2) is 0 Å². The Labute approximate surface area is 95.5 Å². The molecule has 0 aliphatic heterocycles. The summed E-state index contributed by atoms with van der Waals surface area (Å²) in [6.07, 6.45) is -2.79. The Morgan fingerprint density at radius 2 is 2.06 bits per heavy atom. The van der Waals surface area contributed by atoms with Crippen LogP contribution in [0.1, 0.15) is 11.4 Å². The second-order valence-corrected chi connectivity index (χ2v) is 3.61. The van der Waals surface area contributed by atoms with Crippen LogP contribution in [-0.2, 0) is 12.6 Å². The third-order valence-corrected chi connectivity index (χ3v) is 2.40. The number of aromatic nitrogens is 3. The molecule has 0 aliphatic rings. The molecule has 0 unspecified atom stereocenters. The maximum absolute atomic E-state index is 12.5. The molecule has 0 saturated carbocycles. The van der Waals surface area contributed by atoms with Crippen molar-refractivity contribution in [3.63, 3.8) is 0 Å². The summed E-state index contributed by atoms with van der Waals surface area (Å²) in [5.41, 5.74) is -0.278. The molecule has 1 N–H and O–H groups in total. The lowest BCUT2D eigenvalue weighted by molar-refractivity contribution is -0.137. The predicted molar refractivity (Wildman–Crippen MR) is 55.6 cm³/mol. The van der Waals surface area contributed by atoms with Gasteiger partial charge in [0.15, 0.2) is 5.65 Å². The molecule has 2 heterocycles. The number of nitrogens with zero attached hydrogens (tertiary/aromatic N) is 3. The second-order valence-electron chi connectivity index (χ2n) is 3.61. The summed E-state index contributed by atoms with van der Waals surface area (Å²) in [5.74, 6) is 0.514. The SMILES string of the molecule is CNCCc1nnc2ccc(C(F)(F)F)cn12. The van der Waals surface area contributed by atoms with Crippen LogP contribution in [0.3, 0.4) is 0 Å². The number of hydrogen-bond acceptors (Lipinski definition) is 3. The number of halogens is 3. The molecule has 0 fully saturated rings. The van der Waals surface area contributed by atoms with Crippen LogP contribution in [0.5, 0.6) is 0 Å². The van der Waals surface area contributed by atoms with Gasteiger partial charge in [-0.3, -0.25) is 4.40 Å². The van der Waals surface area contributed by atoms with Crippen LogP contribution >= 0.6 is 0 Å². The molecule has 2 aromatic rings. The Morgan fingerprint density at radius 1 is 1.29 bits per heavy atom. The normalized spacial score (nSPS) is 12.2. The highest BCUT2D eigenvalue weighted by atomic mass is 19.4. The van der Waals surface area contributed by atoms with Gasteiger partial charge in [0.1, 0.15) is 5.82 Å². The largest absolute Gasteiger partial charge is 0.417 e. The summed E-state index contributed by atoms with van der Waals surface area (Å²) in [5, 5.41) is 10.6. The topological polar surface area (TPSA) is 42.2 Å². The van der Waals surface area contributed by atoms with Crippen molar-refractivity contribution in [2.45, 2.75) is 12.6 Å². The molecule has 92 valence electrons. The number of fused-ring (bicyclic) bond motifs is 1. The lowest BCUT2D eigenvalue weighted by atomic mass is 10.2. The van der Waals surface area contributed by atoms with E-state index in [1.807, 2.05) is 0 Å². The average molecular weight is 244 g/mol. The lowest BCUT2D eigenvalue weighted by Gasteiger charge is -2.07. The minimum absolute atomic E-state index is 0.420. The quantitative estimate of drug-likeness (QED) is 0.889. The van der Waals surface area contributed by atoms with Gasteiger partial charge in [0.2, 0.25) is 0 Å². The van der Waals surface area contributed by atoms with Crippen LogP contribution in [0.25, 0.3) is 5.65 Å². The smallest absolute Gasteiger partial charge is 0.319 e. The Hall–Kier alpha value is -1.63. The van der Waals surface area contributed by atoms with Gasteiger partial charge < -0.3 is 5.32 Å². The van der Waals surface area contributed by atoms with E-state index in [1.165, 1.54) is 10.5 Å². The van der Waals surface area contributed by atoms with E-state index in [1.54, 1.807) is 7.05 Å². The Kier molecular flexibility index (Phi) is 3.01. The van der Waals surface area contributed by atoms with Crippen molar-refractivity contribution in [1.82, 2.24) is 19.9 Å². The Bertz CT molecular complexity index is 518. The van der Waals surface area contributed by atoms with Crippen molar-refractivity contribution >= 4 is 5.65 Å². The molecule has 17 heavy (non-hydrogen) atoms. The van der Waals surface area contributed by atoms with E-state index in [0.717, 1.165) is 12.3 Å². The van der Waals surface area contributed by atoms with Crippen molar-refractivity contribution in [2.75, 3.05) is 13.6 Å². The fraction of sp³-hybridized carbons (Fsp3) is 0.400. The van der Waals surface area contributed by atoms with Gasteiger partial charge in [-0.05, 0) is 19.2 Å². The molecule has 0 bridgehead atoms. The molecular formula is C10H11F3N4. The molecule has 0 spiro atoms. The number of pyridine rings is 1. The maximum atomic E-state index is 12.5. The monoisotopic (exact) mass is 244 g/mol. The van der Waals surface area contributed by atoms with Gasteiger partial charge in [0.25, 0.3) is 0 Å². The lowest BCUT2D eigenvalue weighted by Crippen LogP contribution is -2.13.